The molecule has 2 rings (SSSR count). The van der Waals surface area contributed by atoms with Crippen molar-refractivity contribution in [3.63, 3.8) is 0 Å². The molecule has 4 nitrogen and oxygen atoms in total. The minimum atomic E-state index is -0.153. The number of aryl methyl sites for hydroxylation is 1. The van der Waals surface area contributed by atoms with Crippen molar-refractivity contribution >= 4 is 16.9 Å². The Labute approximate surface area is 106 Å². The normalized spacial score (nSPS) is 10.9. The standard InChI is InChI=1S/C14H17N3O/c1-9(2)8-15-14(18)13-10(3)16-11-6-4-5-7-12(11)17-13/h4-7,9H,8H2,1-3H3,(H,15,18). The number of fused-ring (bicyclic) bond motifs is 1. The molecule has 1 amide bonds. The Morgan fingerprint density at radius 3 is 2.44 bits per heavy atom. The number of para-hydroxylation sites is 2. The van der Waals surface area contributed by atoms with E-state index in [1.54, 1.807) is 0 Å². The van der Waals surface area contributed by atoms with Crippen LogP contribution in [0.15, 0.2) is 24.3 Å². The fraction of sp³-hybridized carbons (Fsp3) is 0.357. The Balaban J connectivity index is 2.32. The van der Waals surface area contributed by atoms with Crippen LogP contribution in [0.4, 0.5) is 0 Å². The van der Waals surface area contributed by atoms with Crippen LogP contribution in [-0.4, -0.2) is 22.4 Å². The van der Waals surface area contributed by atoms with Crippen molar-refractivity contribution in [2.24, 2.45) is 5.92 Å². The van der Waals surface area contributed by atoms with Crippen LogP contribution < -0.4 is 5.32 Å². The molecule has 0 aliphatic carbocycles. The van der Waals surface area contributed by atoms with Gasteiger partial charge in [0.15, 0.2) is 0 Å². The van der Waals surface area contributed by atoms with Crippen molar-refractivity contribution in [3.8, 4) is 0 Å². The zero-order chi connectivity index (χ0) is 13.1. The molecule has 0 aliphatic rings. The third kappa shape index (κ3) is 2.64. The Morgan fingerprint density at radius 1 is 1.22 bits per heavy atom. The lowest BCUT2D eigenvalue weighted by molar-refractivity contribution is 0.0943. The van der Waals surface area contributed by atoms with Gasteiger partial charge in [-0.3, -0.25) is 4.79 Å². The Bertz CT molecular complexity index is 578. The monoisotopic (exact) mass is 243 g/mol. The topological polar surface area (TPSA) is 54.9 Å². The molecule has 0 saturated carbocycles. The minimum Gasteiger partial charge on any atom is -0.350 e. The van der Waals surface area contributed by atoms with Crippen molar-refractivity contribution in [1.82, 2.24) is 15.3 Å². The van der Waals surface area contributed by atoms with Gasteiger partial charge < -0.3 is 5.32 Å². The summed E-state index contributed by atoms with van der Waals surface area (Å²) in [5, 5.41) is 2.86. The fourth-order valence-electron chi connectivity index (χ4n) is 1.68. The predicted octanol–water partition coefficient (Wildman–Crippen LogP) is 2.32. The van der Waals surface area contributed by atoms with E-state index in [0.29, 0.717) is 23.9 Å². The van der Waals surface area contributed by atoms with Gasteiger partial charge in [0.1, 0.15) is 5.69 Å². The average Bonchev–Trinajstić information content (AvgIpc) is 2.35. The number of hydrogen-bond acceptors (Lipinski definition) is 3. The van der Waals surface area contributed by atoms with Crippen LogP contribution in [0.25, 0.3) is 11.0 Å². The van der Waals surface area contributed by atoms with E-state index in [1.807, 2.05) is 31.2 Å². The lowest BCUT2D eigenvalue weighted by Crippen LogP contribution is -2.29. The van der Waals surface area contributed by atoms with Gasteiger partial charge in [0, 0.05) is 6.54 Å². The predicted molar refractivity (Wildman–Crippen MR) is 71.4 cm³/mol. The second-order valence-corrected chi connectivity index (χ2v) is 4.75. The molecule has 1 heterocycles. The first-order chi connectivity index (χ1) is 8.58. The van der Waals surface area contributed by atoms with Gasteiger partial charge in [-0.2, -0.15) is 0 Å². The largest absolute Gasteiger partial charge is 0.350 e. The van der Waals surface area contributed by atoms with Crippen LogP contribution >= 0.6 is 0 Å². The second-order valence-electron chi connectivity index (χ2n) is 4.75. The lowest BCUT2D eigenvalue weighted by Gasteiger charge is -2.09. The fourth-order valence-corrected chi connectivity index (χ4v) is 1.68. The van der Waals surface area contributed by atoms with Gasteiger partial charge in [-0.15, -0.1) is 0 Å². The van der Waals surface area contributed by atoms with Crippen molar-refractivity contribution in [1.29, 1.82) is 0 Å². The molecule has 0 radical (unpaired) electrons. The SMILES string of the molecule is Cc1nc2ccccc2nc1C(=O)NCC(C)C. The summed E-state index contributed by atoms with van der Waals surface area (Å²) >= 11 is 0. The number of carbonyl (C=O) groups excluding carboxylic acids is 1. The summed E-state index contributed by atoms with van der Waals surface area (Å²) in [7, 11) is 0. The molecule has 1 aromatic carbocycles. The number of amides is 1. The lowest BCUT2D eigenvalue weighted by atomic mass is 10.2. The number of nitrogens with one attached hydrogen (secondary N) is 1. The highest BCUT2D eigenvalue weighted by atomic mass is 16.1. The smallest absolute Gasteiger partial charge is 0.271 e. The molecule has 4 heteroatoms. The van der Waals surface area contributed by atoms with Crippen LogP contribution in [0.3, 0.4) is 0 Å². The molecule has 0 atom stereocenters. The highest BCUT2D eigenvalue weighted by molar-refractivity contribution is 5.95. The van der Waals surface area contributed by atoms with Crippen LogP contribution in [0.2, 0.25) is 0 Å². The molecule has 0 unspecified atom stereocenters. The number of aromatic nitrogens is 2. The van der Waals surface area contributed by atoms with Gasteiger partial charge in [-0.25, -0.2) is 9.97 Å². The number of nitrogens with zero attached hydrogens (tertiary/aromatic N) is 2. The summed E-state index contributed by atoms with van der Waals surface area (Å²) in [6.45, 7) is 6.56. The molecule has 1 aromatic heterocycles. The van der Waals surface area contributed by atoms with E-state index in [0.717, 1.165) is 11.0 Å². The molecule has 0 aliphatic heterocycles. The van der Waals surface area contributed by atoms with Gasteiger partial charge in [-0.1, -0.05) is 26.0 Å². The number of hydrogen-bond donors (Lipinski definition) is 1. The van der Waals surface area contributed by atoms with Gasteiger partial charge in [0.2, 0.25) is 0 Å². The average molecular weight is 243 g/mol. The van der Waals surface area contributed by atoms with Crippen molar-refractivity contribution in [2.45, 2.75) is 20.8 Å². The minimum absolute atomic E-state index is 0.153. The maximum atomic E-state index is 12.0. The van der Waals surface area contributed by atoms with Gasteiger partial charge in [-0.05, 0) is 25.0 Å². The zero-order valence-corrected chi connectivity index (χ0v) is 10.9. The van der Waals surface area contributed by atoms with Crippen molar-refractivity contribution < 1.29 is 4.79 Å². The molecule has 2 aromatic rings. The van der Waals surface area contributed by atoms with Crippen LogP contribution in [-0.2, 0) is 0 Å². The molecule has 18 heavy (non-hydrogen) atoms. The molecule has 0 bridgehead atoms. The number of rotatable bonds is 3. The Morgan fingerprint density at radius 2 is 1.83 bits per heavy atom. The maximum absolute atomic E-state index is 12.0. The summed E-state index contributed by atoms with van der Waals surface area (Å²) in [5.41, 5.74) is 2.64. The van der Waals surface area contributed by atoms with Crippen LogP contribution in [0.1, 0.15) is 30.0 Å². The van der Waals surface area contributed by atoms with Crippen LogP contribution in [0, 0.1) is 12.8 Å². The van der Waals surface area contributed by atoms with E-state index in [-0.39, 0.29) is 5.91 Å². The molecular formula is C14H17N3O. The quantitative estimate of drug-likeness (QED) is 0.900. The van der Waals surface area contributed by atoms with Gasteiger partial charge in [0.25, 0.3) is 5.91 Å². The summed E-state index contributed by atoms with van der Waals surface area (Å²) in [5.74, 6) is 0.266. The van der Waals surface area contributed by atoms with Crippen molar-refractivity contribution in [3.05, 3.63) is 35.7 Å². The highest BCUT2D eigenvalue weighted by Gasteiger charge is 2.13. The molecule has 0 fully saturated rings. The van der Waals surface area contributed by atoms with Crippen molar-refractivity contribution in [2.75, 3.05) is 6.54 Å². The van der Waals surface area contributed by atoms with E-state index < -0.39 is 0 Å². The third-order valence-corrected chi connectivity index (χ3v) is 2.63. The molecule has 1 N–H and O–H groups in total. The second kappa shape index (κ2) is 5.12. The molecular weight excluding hydrogens is 226 g/mol. The van der Waals surface area contributed by atoms with E-state index in [4.69, 9.17) is 0 Å². The van der Waals surface area contributed by atoms with Gasteiger partial charge in [0.05, 0.1) is 16.7 Å². The summed E-state index contributed by atoms with van der Waals surface area (Å²) < 4.78 is 0. The summed E-state index contributed by atoms with van der Waals surface area (Å²) in [6.07, 6.45) is 0. The maximum Gasteiger partial charge on any atom is 0.271 e. The van der Waals surface area contributed by atoms with E-state index in [1.165, 1.54) is 0 Å². The van der Waals surface area contributed by atoms with Gasteiger partial charge >= 0.3 is 0 Å². The zero-order valence-electron chi connectivity index (χ0n) is 10.9. The van der Waals surface area contributed by atoms with Crippen LogP contribution in [0.5, 0.6) is 0 Å². The molecule has 0 saturated heterocycles. The first-order valence-electron chi connectivity index (χ1n) is 6.09. The molecule has 94 valence electrons. The summed E-state index contributed by atoms with van der Waals surface area (Å²) in [4.78, 5) is 20.8. The van der Waals surface area contributed by atoms with E-state index in [9.17, 15) is 4.79 Å². The first-order valence-corrected chi connectivity index (χ1v) is 6.09. The Kier molecular flexibility index (Phi) is 3.55. The van der Waals surface area contributed by atoms with E-state index >= 15 is 0 Å². The third-order valence-electron chi connectivity index (χ3n) is 2.63. The summed E-state index contributed by atoms with van der Waals surface area (Å²) in [6, 6.07) is 7.56. The number of carbonyl (C=O) groups is 1. The van der Waals surface area contributed by atoms with E-state index in [2.05, 4.69) is 29.1 Å². The molecule has 0 spiro atoms. The number of benzene rings is 1. The highest BCUT2D eigenvalue weighted by Crippen LogP contribution is 2.12. The first kappa shape index (κ1) is 12.5. The Hall–Kier alpha value is -1.97.